The number of hydrogen-bond acceptors (Lipinski definition) is 3. The van der Waals surface area contributed by atoms with Crippen LogP contribution in [0.25, 0.3) is 0 Å². The molecule has 4 rings (SSSR count). The molecule has 5 nitrogen and oxygen atoms in total. The summed E-state index contributed by atoms with van der Waals surface area (Å²) in [7, 11) is 0. The van der Waals surface area contributed by atoms with E-state index in [1.54, 1.807) is 41.3 Å². The van der Waals surface area contributed by atoms with Crippen molar-refractivity contribution in [1.82, 2.24) is 0 Å². The lowest BCUT2D eigenvalue weighted by molar-refractivity contribution is -0.146. The Kier molecular flexibility index (Phi) is 3.34. The van der Waals surface area contributed by atoms with Crippen molar-refractivity contribution in [2.45, 2.75) is 24.2 Å². The summed E-state index contributed by atoms with van der Waals surface area (Å²) in [5.74, 6) is -2.88. The summed E-state index contributed by atoms with van der Waals surface area (Å²) < 4.78 is 6.04. The van der Waals surface area contributed by atoms with Crippen molar-refractivity contribution in [3.8, 4) is 0 Å². The van der Waals surface area contributed by atoms with Gasteiger partial charge in [-0.15, -0.1) is 6.58 Å². The highest BCUT2D eigenvalue weighted by Gasteiger charge is 2.71. The van der Waals surface area contributed by atoms with Gasteiger partial charge in [0.15, 0.2) is 0 Å². The summed E-state index contributed by atoms with van der Waals surface area (Å²) in [6.45, 7) is 3.78. The van der Waals surface area contributed by atoms with Crippen molar-refractivity contribution in [3.05, 3.63) is 54.1 Å². The van der Waals surface area contributed by atoms with Crippen molar-refractivity contribution in [3.63, 3.8) is 0 Å². The second-order valence-corrected chi connectivity index (χ2v) is 6.74. The standard InChI is InChI=1S/C18H16ClNO4/c1-2-5-13-18-9-8-12(24-18)14(17(22)23)15(18)16(21)20(13)11-7-4-3-6-10(11)19/h2-4,6-9,12-15H,1,5H2,(H,22,23)/t12-,13+,14-,15-,18-/m1/s1. The highest BCUT2D eigenvalue weighted by molar-refractivity contribution is 6.34. The summed E-state index contributed by atoms with van der Waals surface area (Å²) in [6.07, 6.45) is 5.26. The summed E-state index contributed by atoms with van der Waals surface area (Å²) in [6, 6.07) is 6.70. The molecule has 1 spiro atoms. The van der Waals surface area contributed by atoms with E-state index in [9.17, 15) is 14.7 Å². The zero-order valence-electron chi connectivity index (χ0n) is 12.8. The van der Waals surface area contributed by atoms with Crippen LogP contribution >= 0.6 is 11.6 Å². The van der Waals surface area contributed by atoms with Crippen LogP contribution in [0.5, 0.6) is 0 Å². The van der Waals surface area contributed by atoms with Crippen LogP contribution < -0.4 is 4.90 Å². The van der Waals surface area contributed by atoms with Crippen molar-refractivity contribution in [1.29, 1.82) is 0 Å². The molecule has 0 aromatic heterocycles. The number of aliphatic carboxylic acids is 1. The van der Waals surface area contributed by atoms with Gasteiger partial charge in [-0.2, -0.15) is 0 Å². The van der Waals surface area contributed by atoms with Crippen molar-refractivity contribution in [2.24, 2.45) is 11.8 Å². The quantitative estimate of drug-likeness (QED) is 0.852. The average Bonchev–Trinajstić information content (AvgIpc) is 3.18. The third-order valence-electron chi connectivity index (χ3n) is 5.21. The summed E-state index contributed by atoms with van der Waals surface area (Å²) >= 11 is 6.29. The molecular formula is C18H16ClNO4. The molecule has 1 N–H and O–H groups in total. The Morgan fingerprint density at radius 3 is 2.88 bits per heavy atom. The molecular weight excluding hydrogens is 330 g/mol. The highest BCUT2D eigenvalue weighted by Crippen LogP contribution is 2.56. The molecule has 3 heterocycles. The fourth-order valence-electron chi connectivity index (χ4n) is 4.31. The normalized spacial score (nSPS) is 36.2. The number of benzene rings is 1. The van der Waals surface area contributed by atoms with Gasteiger partial charge in [-0.25, -0.2) is 0 Å². The number of carboxylic acids is 1. The molecule has 5 atom stereocenters. The molecule has 0 radical (unpaired) electrons. The SMILES string of the molecule is C=CC[C@@H]1N(c2ccccc2Cl)C(=O)[C@H]2[C@H](C(=O)O)[C@H]3C=C[C@@]12O3. The Labute approximate surface area is 144 Å². The van der Waals surface area contributed by atoms with E-state index in [4.69, 9.17) is 16.3 Å². The second kappa shape index (κ2) is 5.19. The van der Waals surface area contributed by atoms with Crippen LogP contribution in [0.15, 0.2) is 49.1 Å². The Hall–Kier alpha value is -2.11. The Morgan fingerprint density at radius 2 is 2.21 bits per heavy atom. The maximum Gasteiger partial charge on any atom is 0.310 e. The summed E-state index contributed by atoms with van der Waals surface area (Å²) in [4.78, 5) is 26.5. The Bertz CT molecular complexity index is 776. The first kappa shape index (κ1) is 15.4. The zero-order valence-corrected chi connectivity index (χ0v) is 13.5. The van der Waals surface area contributed by atoms with E-state index in [-0.39, 0.29) is 11.9 Å². The van der Waals surface area contributed by atoms with Crippen LogP contribution in [0, 0.1) is 11.8 Å². The van der Waals surface area contributed by atoms with Crippen LogP contribution in [-0.2, 0) is 14.3 Å². The lowest BCUT2D eigenvalue weighted by Crippen LogP contribution is -2.45. The Morgan fingerprint density at radius 1 is 1.46 bits per heavy atom. The van der Waals surface area contributed by atoms with E-state index >= 15 is 0 Å². The van der Waals surface area contributed by atoms with Crippen LogP contribution in [-0.4, -0.2) is 34.7 Å². The first-order valence-corrected chi connectivity index (χ1v) is 8.17. The van der Waals surface area contributed by atoms with E-state index in [0.29, 0.717) is 17.1 Å². The smallest absolute Gasteiger partial charge is 0.310 e. The number of para-hydroxylation sites is 1. The van der Waals surface area contributed by atoms with Gasteiger partial charge in [0.05, 0.1) is 28.8 Å². The number of carboxylic acid groups (broad SMARTS) is 1. The van der Waals surface area contributed by atoms with Crippen LogP contribution in [0.1, 0.15) is 6.42 Å². The van der Waals surface area contributed by atoms with E-state index in [1.807, 2.05) is 6.08 Å². The van der Waals surface area contributed by atoms with Gasteiger partial charge in [-0.05, 0) is 18.6 Å². The van der Waals surface area contributed by atoms with Crippen molar-refractivity contribution >= 4 is 29.2 Å². The topological polar surface area (TPSA) is 66.8 Å². The largest absolute Gasteiger partial charge is 0.481 e. The fraction of sp³-hybridized carbons (Fsp3) is 0.333. The molecule has 2 bridgehead atoms. The average molecular weight is 346 g/mol. The molecule has 6 heteroatoms. The van der Waals surface area contributed by atoms with Gasteiger partial charge in [0.1, 0.15) is 11.5 Å². The van der Waals surface area contributed by atoms with Gasteiger partial charge in [0.2, 0.25) is 5.91 Å². The fourth-order valence-corrected chi connectivity index (χ4v) is 4.54. The number of carbonyl (C=O) groups is 2. The predicted octanol–water partition coefficient (Wildman–Crippen LogP) is 2.66. The molecule has 1 aromatic rings. The number of halogens is 1. The third-order valence-corrected chi connectivity index (χ3v) is 5.53. The first-order chi connectivity index (χ1) is 11.5. The summed E-state index contributed by atoms with van der Waals surface area (Å²) in [5.41, 5.74) is -0.359. The molecule has 3 aliphatic heterocycles. The minimum absolute atomic E-state index is 0.255. The minimum atomic E-state index is -1.01. The molecule has 0 saturated carbocycles. The van der Waals surface area contributed by atoms with E-state index in [0.717, 1.165) is 0 Å². The monoisotopic (exact) mass is 345 g/mol. The van der Waals surface area contributed by atoms with Crippen LogP contribution in [0.2, 0.25) is 5.02 Å². The number of nitrogens with zero attached hydrogens (tertiary/aromatic N) is 1. The number of anilines is 1. The maximum atomic E-state index is 13.2. The van der Waals surface area contributed by atoms with Crippen molar-refractivity contribution < 1.29 is 19.4 Å². The molecule has 0 unspecified atom stereocenters. The number of ether oxygens (including phenoxy) is 1. The summed E-state index contributed by atoms with van der Waals surface area (Å²) in [5, 5.41) is 10.0. The Balaban J connectivity index is 1.87. The van der Waals surface area contributed by atoms with Gasteiger partial charge in [-0.1, -0.05) is 42.0 Å². The van der Waals surface area contributed by atoms with Crippen molar-refractivity contribution in [2.75, 3.05) is 4.90 Å². The molecule has 2 fully saturated rings. The number of amides is 1. The number of fused-ring (bicyclic) bond motifs is 1. The first-order valence-electron chi connectivity index (χ1n) is 7.79. The molecule has 0 aliphatic carbocycles. The van der Waals surface area contributed by atoms with Crippen LogP contribution in [0.3, 0.4) is 0 Å². The van der Waals surface area contributed by atoms with Gasteiger partial charge < -0.3 is 14.7 Å². The molecule has 1 amide bonds. The van der Waals surface area contributed by atoms with E-state index < -0.39 is 29.5 Å². The lowest BCUT2D eigenvalue weighted by atomic mass is 9.74. The number of hydrogen-bond donors (Lipinski definition) is 1. The zero-order chi connectivity index (χ0) is 17.1. The van der Waals surface area contributed by atoms with E-state index in [2.05, 4.69) is 6.58 Å². The molecule has 24 heavy (non-hydrogen) atoms. The van der Waals surface area contributed by atoms with Gasteiger partial charge in [0.25, 0.3) is 0 Å². The number of rotatable bonds is 4. The van der Waals surface area contributed by atoms with E-state index in [1.165, 1.54) is 0 Å². The van der Waals surface area contributed by atoms with Gasteiger partial charge in [0, 0.05) is 0 Å². The lowest BCUT2D eigenvalue weighted by Gasteiger charge is -2.32. The predicted molar refractivity (Wildman–Crippen MR) is 88.9 cm³/mol. The maximum absolute atomic E-state index is 13.2. The third kappa shape index (κ3) is 1.79. The molecule has 3 aliphatic rings. The molecule has 124 valence electrons. The van der Waals surface area contributed by atoms with Gasteiger partial charge in [-0.3, -0.25) is 9.59 Å². The van der Waals surface area contributed by atoms with Crippen LogP contribution in [0.4, 0.5) is 5.69 Å². The molecule has 2 saturated heterocycles. The highest BCUT2D eigenvalue weighted by atomic mass is 35.5. The second-order valence-electron chi connectivity index (χ2n) is 6.34. The molecule has 1 aromatic carbocycles. The van der Waals surface area contributed by atoms with Gasteiger partial charge >= 0.3 is 5.97 Å². The minimum Gasteiger partial charge on any atom is -0.481 e. The number of carbonyl (C=O) groups excluding carboxylic acids is 1.